The summed E-state index contributed by atoms with van der Waals surface area (Å²) in [6, 6.07) is 5.22. The third kappa shape index (κ3) is 12.5. The Morgan fingerprint density at radius 1 is 0.892 bits per heavy atom. The van der Waals surface area contributed by atoms with Crippen LogP contribution in [-0.4, -0.2) is 66.1 Å². The van der Waals surface area contributed by atoms with Crippen LogP contribution in [0.5, 0.6) is 0 Å². The molecule has 0 saturated carbocycles. The number of guanidine groups is 1. The monoisotopic (exact) mass is 536 g/mol. The smallest absolute Gasteiger partial charge is 0.243 e. The molecule has 206 valence electrons. The fraction of sp³-hybridized carbons (Fsp3) is 0.542. The molecular formula is C24H40N8O4S. The summed E-state index contributed by atoms with van der Waals surface area (Å²) in [4.78, 5) is 54.7. The Bertz CT molecular complexity index is 925. The molecule has 0 heterocycles. The van der Waals surface area contributed by atoms with E-state index in [9.17, 15) is 19.2 Å². The highest BCUT2D eigenvalue weighted by Crippen LogP contribution is 2.09. The van der Waals surface area contributed by atoms with Crippen LogP contribution in [0, 0.1) is 5.92 Å². The molecule has 11 N–H and O–H groups in total. The summed E-state index contributed by atoms with van der Waals surface area (Å²) in [5.74, 6) is -2.33. The number of benzene rings is 1. The first kappa shape index (κ1) is 31.7. The second-order valence-corrected chi connectivity index (χ2v) is 9.51. The van der Waals surface area contributed by atoms with Crippen molar-refractivity contribution in [1.82, 2.24) is 16.0 Å². The number of nitrogens with one attached hydrogen (secondary N) is 3. The highest BCUT2D eigenvalue weighted by molar-refractivity contribution is 7.80. The number of nitrogens with zero attached hydrogens (tertiary/aromatic N) is 1. The van der Waals surface area contributed by atoms with E-state index < -0.39 is 47.8 Å². The normalized spacial score (nSPS) is 14.1. The van der Waals surface area contributed by atoms with Gasteiger partial charge in [0.25, 0.3) is 0 Å². The van der Waals surface area contributed by atoms with Crippen LogP contribution in [-0.2, 0) is 25.6 Å². The fourth-order valence-corrected chi connectivity index (χ4v) is 3.62. The van der Waals surface area contributed by atoms with E-state index in [2.05, 4.69) is 33.6 Å². The van der Waals surface area contributed by atoms with Crippen molar-refractivity contribution in [2.45, 2.75) is 63.7 Å². The summed E-state index contributed by atoms with van der Waals surface area (Å²) in [5, 5.41) is 7.96. The first-order valence-corrected chi connectivity index (χ1v) is 12.7. The lowest BCUT2D eigenvalue weighted by Gasteiger charge is -2.26. The van der Waals surface area contributed by atoms with Gasteiger partial charge in [-0.15, -0.1) is 0 Å². The summed E-state index contributed by atoms with van der Waals surface area (Å²) in [5.41, 5.74) is 22.8. The molecule has 0 fully saturated rings. The standard InChI is InChI=1S/C24H40N8O4S/c1-14(2)11-19(32-21(34)16(25)13-37)23(36)30-17(9-6-10-29-24(27)28)22(35)31-18(20(26)33)12-15-7-4-3-5-8-15/h3-5,7-8,14,16-19,37H,6,9-13,25H2,1-2H3,(H2,26,33)(H,30,36)(H,31,35)(H,32,34)(H4,27,28,29)/t16-,17-,18-,19-/m0/s1. The maximum atomic E-state index is 13.2. The van der Waals surface area contributed by atoms with E-state index in [1.165, 1.54) is 0 Å². The van der Waals surface area contributed by atoms with Gasteiger partial charge in [-0.3, -0.25) is 24.2 Å². The van der Waals surface area contributed by atoms with Gasteiger partial charge in [-0.1, -0.05) is 44.2 Å². The van der Waals surface area contributed by atoms with Crippen molar-refractivity contribution in [3.8, 4) is 0 Å². The maximum absolute atomic E-state index is 13.2. The predicted octanol–water partition coefficient (Wildman–Crippen LogP) is -1.47. The second kappa shape index (κ2) is 16.4. The Labute approximate surface area is 223 Å². The van der Waals surface area contributed by atoms with E-state index in [1.54, 1.807) is 0 Å². The number of hydrogen-bond acceptors (Lipinski definition) is 7. The molecule has 37 heavy (non-hydrogen) atoms. The minimum atomic E-state index is -1.04. The van der Waals surface area contributed by atoms with Gasteiger partial charge in [-0.05, 0) is 30.7 Å². The zero-order valence-corrected chi connectivity index (χ0v) is 22.2. The summed E-state index contributed by atoms with van der Waals surface area (Å²) in [7, 11) is 0. The lowest BCUT2D eigenvalue weighted by Crippen LogP contribution is -2.58. The minimum Gasteiger partial charge on any atom is -0.370 e. The highest BCUT2D eigenvalue weighted by atomic mass is 32.1. The summed E-state index contributed by atoms with van der Waals surface area (Å²) < 4.78 is 0. The Morgan fingerprint density at radius 3 is 2.00 bits per heavy atom. The van der Waals surface area contributed by atoms with E-state index in [0.29, 0.717) is 12.8 Å². The van der Waals surface area contributed by atoms with Gasteiger partial charge in [-0.25, -0.2) is 0 Å². The third-order valence-electron chi connectivity index (χ3n) is 5.39. The van der Waals surface area contributed by atoms with Crippen LogP contribution in [0.15, 0.2) is 35.3 Å². The van der Waals surface area contributed by atoms with Gasteiger partial charge in [0.2, 0.25) is 23.6 Å². The van der Waals surface area contributed by atoms with Crippen molar-refractivity contribution in [2.75, 3.05) is 12.3 Å². The van der Waals surface area contributed by atoms with Crippen LogP contribution >= 0.6 is 12.6 Å². The van der Waals surface area contributed by atoms with Crippen LogP contribution in [0.4, 0.5) is 0 Å². The Hall–Kier alpha value is -3.32. The first-order valence-electron chi connectivity index (χ1n) is 12.1. The number of hydrogen-bond donors (Lipinski definition) is 8. The van der Waals surface area contributed by atoms with Gasteiger partial charge in [0, 0.05) is 18.7 Å². The lowest BCUT2D eigenvalue weighted by molar-refractivity contribution is -0.133. The van der Waals surface area contributed by atoms with Crippen molar-refractivity contribution in [3.63, 3.8) is 0 Å². The molecule has 0 aliphatic rings. The van der Waals surface area contributed by atoms with Crippen LogP contribution in [0.2, 0.25) is 0 Å². The number of thiol groups is 1. The molecule has 0 bridgehead atoms. The first-order chi connectivity index (χ1) is 17.4. The lowest BCUT2D eigenvalue weighted by atomic mass is 10.0. The van der Waals surface area contributed by atoms with Crippen LogP contribution in [0.1, 0.15) is 38.7 Å². The van der Waals surface area contributed by atoms with E-state index >= 15 is 0 Å². The largest absolute Gasteiger partial charge is 0.370 e. The van der Waals surface area contributed by atoms with E-state index in [4.69, 9.17) is 22.9 Å². The molecule has 1 aromatic carbocycles. The average Bonchev–Trinajstić information content (AvgIpc) is 2.84. The molecule has 0 saturated heterocycles. The minimum absolute atomic E-state index is 0.0579. The van der Waals surface area contributed by atoms with E-state index in [1.807, 2.05) is 44.2 Å². The number of carbonyl (C=O) groups is 4. The predicted molar refractivity (Wildman–Crippen MR) is 146 cm³/mol. The van der Waals surface area contributed by atoms with E-state index in [-0.39, 0.29) is 37.0 Å². The van der Waals surface area contributed by atoms with Gasteiger partial charge in [-0.2, -0.15) is 12.6 Å². The van der Waals surface area contributed by atoms with Crippen molar-refractivity contribution in [3.05, 3.63) is 35.9 Å². The van der Waals surface area contributed by atoms with Crippen molar-refractivity contribution >= 4 is 42.2 Å². The topological polar surface area (TPSA) is 221 Å². The van der Waals surface area contributed by atoms with Gasteiger partial charge in [0.15, 0.2) is 5.96 Å². The number of aliphatic imine (C=N–C) groups is 1. The number of carbonyl (C=O) groups excluding carboxylic acids is 4. The highest BCUT2D eigenvalue weighted by Gasteiger charge is 2.30. The zero-order valence-electron chi connectivity index (χ0n) is 21.4. The molecule has 0 aliphatic carbocycles. The fourth-order valence-electron chi connectivity index (χ4n) is 3.45. The van der Waals surface area contributed by atoms with Gasteiger partial charge in [0.05, 0.1) is 6.04 Å². The molecule has 0 spiro atoms. The molecule has 4 amide bonds. The van der Waals surface area contributed by atoms with Gasteiger partial charge in [0.1, 0.15) is 18.1 Å². The van der Waals surface area contributed by atoms with E-state index in [0.717, 1.165) is 5.56 Å². The van der Waals surface area contributed by atoms with Gasteiger partial charge >= 0.3 is 0 Å². The number of nitrogens with two attached hydrogens (primary N) is 4. The third-order valence-corrected chi connectivity index (χ3v) is 5.79. The van der Waals surface area contributed by atoms with Crippen LogP contribution in [0.25, 0.3) is 0 Å². The molecule has 0 radical (unpaired) electrons. The summed E-state index contributed by atoms with van der Waals surface area (Å²) in [6.45, 7) is 4.02. The Kier molecular flexibility index (Phi) is 14.1. The Morgan fingerprint density at radius 2 is 1.46 bits per heavy atom. The van der Waals surface area contributed by atoms with Crippen molar-refractivity contribution < 1.29 is 19.2 Å². The van der Waals surface area contributed by atoms with Crippen molar-refractivity contribution in [2.24, 2.45) is 33.8 Å². The molecule has 0 aliphatic heterocycles. The molecule has 0 unspecified atom stereocenters. The molecule has 13 heteroatoms. The summed E-state index contributed by atoms with van der Waals surface area (Å²) >= 11 is 4.02. The average molecular weight is 537 g/mol. The van der Waals surface area contributed by atoms with Crippen molar-refractivity contribution in [1.29, 1.82) is 0 Å². The number of primary amides is 1. The molecule has 0 aromatic heterocycles. The molecular weight excluding hydrogens is 496 g/mol. The SMILES string of the molecule is CC(C)C[C@H](NC(=O)[C@@H](N)CS)C(=O)N[C@@H](CCCN=C(N)N)C(=O)N[C@@H](Cc1ccccc1)C(N)=O. The number of rotatable bonds is 16. The molecule has 12 nitrogen and oxygen atoms in total. The van der Waals surface area contributed by atoms with Crippen LogP contribution in [0.3, 0.4) is 0 Å². The molecule has 1 rings (SSSR count). The summed E-state index contributed by atoms with van der Waals surface area (Å²) in [6.07, 6.45) is 1.03. The zero-order chi connectivity index (χ0) is 28.0. The number of amides is 4. The van der Waals surface area contributed by atoms with Crippen LogP contribution < -0.4 is 38.9 Å². The molecule has 4 atom stereocenters. The second-order valence-electron chi connectivity index (χ2n) is 9.14. The quantitative estimate of drug-likeness (QED) is 0.0541. The Balaban J connectivity index is 3.05. The van der Waals surface area contributed by atoms with Gasteiger partial charge < -0.3 is 38.9 Å². The molecule has 1 aromatic rings. The maximum Gasteiger partial charge on any atom is 0.243 e.